The average molecular weight is 254 g/mol. The molecule has 0 aromatic carbocycles. The molecular weight excluding hydrogens is 224 g/mol. The van der Waals surface area contributed by atoms with Crippen molar-refractivity contribution in [1.29, 1.82) is 0 Å². The van der Waals surface area contributed by atoms with Crippen LogP contribution in [0.1, 0.15) is 52.9 Å². The Morgan fingerprint density at radius 3 is 2.50 bits per heavy atom. The first-order valence-corrected chi connectivity index (χ1v) is 7.74. The van der Waals surface area contributed by atoms with E-state index in [2.05, 4.69) is 31.0 Å². The van der Waals surface area contributed by atoms with Crippen molar-refractivity contribution >= 4 is 0 Å². The molecule has 18 heavy (non-hydrogen) atoms. The Morgan fingerprint density at radius 2 is 2.00 bits per heavy atom. The molecule has 0 radical (unpaired) electrons. The van der Waals surface area contributed by atoms with Gasteiger partial charge in [0.1, 0.15) is 0 Å². The van der Waals surface area contributed by atoms with Gasteiger partial charge in [0, 0.05) is 31.7 Å². The SMILES string of the molecule is CCCC(C)(CC)N1CCC2(CC1)CNCCO2. The van der Waals surface area contributed by atoms with Crippen molar-refractivity contribution in [2.24, 2.45) is 0 Å². The molecule has 0 aliphatic carbocycles. The lowest BCUT2D eigenvalue weighted by molar-refractivity contribution is -0.112. The van der Waals surface area contributed by atoms with Gasteiger partial charge < -0.3 is 10.1 Å². The molecule has 2 saturated heterocycles. The van der Waals surface area contributed by atoms with E-state index in [0.29, 0.717) is 5.54 Å². The number of rotatable bonds is 4. The van der Waals surface area contributed by atoms with Crippen LogP contribution < -0.4 is 5.32 Å². The van der Waals surface area contributed by atoms with Crippen LogP contribution in [0.4, 0.5) is 0 Å². The van der Waals surface area contributed by atoms with E-state index in [1.165, 1.54) is 45.2 Å². The molecule has 0 saturated carbocycles. The molecule has 2 fully saturated rings. The highest BCUT2D eigenvalue weighted by Crippen LogP contribution is 2.34. The van der Waals surface area contributed by atoms with Gasteiger partial charge in [-0.15, -0.1) is 0 Å². The minimum absolute atomic E-state index is 0.148. The highest BCUT2D eigenvalue weighted by molar-refractivity contribution is 4.96. The van der Waals surface area contributed by atoms with Gasteiger partial charge in [0.25, 0.3) is 0 Å². The molecule has 1 unspecified atom stereocenters. The summed E-state index contributed by atoms with van der Waals surface area (Å²) in [4.78, 5) is 2.71. The van der Waals surface area contributed by atoms with Gasteiger partial charge in [0.15, 0.2) is 0 Å². The van der Waals surface area contributed by atoms with Gasteiger partial charge in [-0.25, -0.2) is 0 Å². The van der Waals surface area contributed by atoms with E-state index in [1.54, 1.807) is 0 Å². The maximum absolute atomic E-state index is 6.07. The first-order chi connectivity index (χ1) is 8.64. The van der Waals surface area contributed by atoms with Crippen LogP contribution in [0.5, 0.6) is 0 Å². The number of likely N-dealkylation sites (tertiary alicyclic amines) is 1. The largest absolute Gasteiger partial charge is 0.372 e. The van der Waals surface area contributed by atoms with Gasteiger partial charge in [0.2, 0.25) is 0 Å². The minimum Gasteiger partial charge on any atom is -0.372 e. The van der Waals surface area contributed by atoms with Crippen LogP contribution in [0.2, 0.25) is 0 Å². The summed E-state index contributed by atoms with van der Waals surface area (Å²) >= 11 is 0. The molecule has 1 atom stereocenters. The number of nitrogens with one attached hydrogen (secondary N) is 1. The van der Waals surface area contributed by atoms with Crippen molar-refractivity contribution in [3.8, 4) is 0 Å². The predicted molar refractivity (Wildman–Crippen MR) is 76.0 cm³/mol. The Morgan fingerprint density at radius 1 is 1.28 bits per heavy atom. The van der Waals surface area contributed by atoms with E-state index in [0.717, 1.165) is 19.7 Å². The van der Waals surface area contributed by atoms with Gasteiger partial charge in [-0.1, -0.05) is 20.3 Å². The van der Waals surface area contributed by atoms with Crippen LogP contribution in [0.25, 0.3) is 0 Å². The summed E-state index contributed by atoms with van der Waals surface area (Å²) in [6.07, 6.45) is 6.24. The van der Waals surface area contributed by atoms with Gasteiger partial charge in [-0.2, -0.15) is 0 Å². The van der Waals surface area contributed by atoms with Crippen LogP contribution in [-0.2, 0) is 4.74 Å². The predicted octanol–water partition coefficient (Wildman–Crippen LogP) is 2.41. The average Bonchev–Trinajstić information content (AvgIpc) is 2.40. The molecule has 0 aromatic rings. The normalized spacial score (nSPS) is 28.2. The summed E-state index contributed by atoms with van der Waals surface area (Å²) in [6, 6.07) is 0. The lowest BCUT2D eigenvalue weighted by atomic mass is 9.84. The molecule has 0 bridgehead atoms. The molecule has 2 aliphatic heterocycles. The Bertz CT molecular complexity index is 253. The first-order valence-electron chi connectivity index (χ1n) is 7.74. The number of hydrogen-bond donors (Lipinski definition) is 1. The molecule has 3 heteroatoms. The zero-order valence-electron chi connectivity index (χ0n) is 12.4. The number of ether oxygens (including phenoxy) is 1. The fraction of sp³-hybridized carbons (Fsp3) is 1.00. The van der Waals surface area contributed by atoms with Gasteiger partial charge in [0.05, 0.1) is 12.2 Å². The molecule has 2 rings (SSSR count). The van der Waals surface area contributed by atoms with E-state index < -0.39 is 0 Å². The summed E-state index contributed by atoms with van der Waals surface area (Å²) in [6.45, 7) is 12.4. The third-order valence-electron chi connectivity index (χ3n) is 5.12. The molecule has 2 heterocycles. The van der Waals surface area contributed by atoms with Crippen molar-refractivity contribution in [1.82, 2.24) is 10.2 Å². The standard InChI is InChI=1S/C15H30N2O/c1-4-6-14(3,5-2)17-10-7-15(8-11-17)13-16-9-12-18-15/h16H,4-13H2,1-3H3. The fourth-order valence-electron chi connectivity index (χ4n) is 3.58. The Balaban J connectivity index is 1.92. The van der Waals surface area contributed by atoms with Gasteiger partial charge >= 0.3 is 0 Å². The maximum atomic E-state index is 6.07. The Kier molecular flexibility index (Phi) is 4.68. The van der Waals surface area contributed by atoms with E-state index >= 15 is 0 Å². The quantitative estimate of drug-likeness (QED) is 0.834. The summed E-state index contributed by atoms with van der Waals surface area (Å²) < 4.78 is 6.07. The molecule has 0 aromatic heterocycles. The van der Waals surface area contributed by atoms with Crippen molar-refractivity contribution in [3.63, 3.8) is 0 Å². The van der Waals surface area contributed by atoms with Crippen molar-refractivity contribution in [2.45, 2.75) is 64.0 Å². The van der Waals surface area contributed by atoms with Crippen LogP contribution in [0.3, 0.4) is 0 Å². The molecule has 1 spiro atoms. The highest BCUT2D eigenvalue weighted by atomic mass is 16.5. The third kappa shape index (κ3) is 2.89. The lowest BCUT2D eigenvalue weighted by Gasteiger charge is -2.50. The molecular formula is C15H30N2O. The summed E-state index contributed by atoms with van der Waals surface area (Å²) in [7, 11) is 0. The van der Waals surface area contributed by atoms with Gasteiger partial charge in [-0.3, -0.25) is 4.90 Å². The van der Waals surface area contributed by atoms with E-state index in [-0.39, 0.29) is 5.60 Å². The molecule has 106 valence electrons. The van der Waals surface area contributed by atoms with Crippen LogP contribution in [-0.4, -0.2) is 48.8 Å². The van der Waals surface area contributed by atoms with Gasteiger partial charge in [-0.05, 0) is 32.6 Å². The highest BCUT2D eigenvalue weighted by Gasteiger charge is 2.40. The molecule has 0 amide bonds. The Labute approximate surface area is 112 Å². The van der Waals surface area contributed by atoms with E-state index in [9.17, 15) is 0 Å². The Hall–Kier alpha value is -0.120. The number of piperidine rings is 1. The second-order valence-electron chi connectivity index (χ2n) is 6.30. The minimum atomic E-state index is 0.148. The molecule has 1 N–H and O–H groups in total. The number of morpholine rings is 1. The number of hydrogen-bond acceptors (Lipinski definition) is 3. The van der Waals surface area contributed by atoms with Crippen LogP contribution in [0.15, 0.2) is 0 Å². The number of nitrogens with zero attached hydrogens (tertiary/aromatic N) is 1. The summed E-state index contributed by atoms with van der Waals surface area (Å²) in [5.41, 5.74) is 0.550. The van der Waals surface area contributed by atoms with Crippen LogP contribution >= 0.6 is 0 Å². The fourth-order valence-corrected chi connectivity index (χ4v) is 3.58. The maximum Gasteiger partial charge on any atom is 0.0831 e. The first kappa shape index (κ1) is 14.3. The van der Waals surface area contributed by atoms with Crippen molar-refractivity contribution in [3.05, 3.63) is 0 Å². The van der Waals surface area contributed by atoms with Crippen molar-refractivity contribution in [2.75, 3.05) is 32.8 Å². The lowest BCUT2D eigenvalue weighted by Crippen LogP contribution is -2.59. The monoisotopic (exact) mass is 254 g/mol. The van der Waals surface area contributed by atoms with Crippen molar-refractivity contribution < 1.29 is 4.74 Å². The molecule has 3 nitrogen and oxygen atoms in total. The third-order valence-corrected chi connectivity index (χ3v) is 5.12. The second kappa shape index (κ2) is 5.89. The smallest absolute Gasteiger partial charge is 0.0831 e. The zero-order valence-corrected chi connectivity index (χ0v) is 12.4. The summed E-state index contributed by atoms with van der Waals surface area (Å²) in [5, 5.41) is 3.49. The van der Waals surface area contributed by atoms with Crippen LogP contribution in [0, 0.1) is 0 Å². The second-order valence-corrected chi connectivity index (χ2v) is 6.30. The zero-order chi connectivity index (χ0) is 13.1. The topological polar surface area (TPSA) is 24.5 Å². The van der Waals surface area contributed by atoms with E-state index in [1.807, 2.05) is 0 Å². The van der Waals surface area contributed by atoms with E-state index in [4.69, 9.17) is 4.74 Å². The summed E-state index contributed by atoms with van der Waals surface area (Å²) in [5.74, 6) is 0. The molecule has 2 aliphatic rings.